The summed E-state index contributed by atoms with van der Waals surface area (Å²) in [6.07, 6.45) is 1.64. The SMILES string of the molecule is CCN(C(=O)C1CCN(c2nc3ccccc3o2)CC1)c1cc(C)ccc1C. The quantitative estimate of drug-likeness (QED) is 0.660. The van der Waals surface area contributed by atoms with E-state index in [1.54, 1.807) is 0 Å². The maximum Gasteiger partial charge on any atom is 0.298 e. The van der Waals surface area contributed by atoms with Crippen LogP contribution in [0.3, 0.4) is 0 Å². The molecule has 0 saturated carbocycles. The molecule has 1 aromatic heterocycles. The Morgan fingerprint density at radius 2 is 1.93 bits per heavy atom. The number of carbonyl (C=O) groups is 1. The van der Waals surface area contributed by atoms with Crippen LogP contribution in [0, 0.1) is 19.8 Å². The highest BCUT2D eigenvalue weighted by atomic mass is 16.4. The number of benzene rings is 2. The number of hydrogen-bond donors (Lipinski definition) is 0. The lowest BCUT2D eigenvalue weighted by molar-refractivity contribution is -0.122. The molecule has 0 atom stereocenters. The average Bonchev–Trinajstić information content (AvgIpc) is 3.15. The van der Waals surface area contributed by atoms with Crippen molar-refractivity contribution in [1.29, 1.82) is 0 Å². The first kappa shape index (κ1) is 18.5. The van der Waals surface area contributed by atoms with E-state index in [1.807, 2.05) is 36.1 Å². The Hall–Kier alpha value is -2.82. The van der Waals surface area contributed by atoms with Crippen molar-refractivity contribution in [3.63, 3.8) is 0 Å². The number of hydrogen-bond acceptors (Lipinski definition) is 4. The molecule has 0 aliphatic carbocycles. The van der Waals surface area contributed by atoms with Crippen LogP contribution in [-0.2, 0) is 4.79 Å². The molecule has 4 rings (SSSR count). The van der Waals surface area contributed by atoms with Gasteiger partial charge in [0.05, 0.1) is 0 Å². The highest BCUT2D eigenvalue weighted by molar-refractivity contribution is 5.96. The number of amides is 1. The van der Waals surface area contributed by atoms with Crippen molar-refractivity contribution in [3.8, 4) is 0 Å². The zero-order chi connectivity index (χ0) is 19.7. The van der Waals surface area contributed by atoms with Crippen LogP contribution in [0.4, 0.5) is 11.7 Å². The second-order valence-corrected chi connectivity index (χ2v) is 7.60. The number of para-hydroxylation sites is 2. The van der Waals surface area contributed by atoms with E-state index in [9.17, 15) is 4.79 Å². The van der Waals surface area contributed by atoms with Crippen LogP contribution < -0.4 is 9.80 Å². The third-order valence-corrected chi connectivity index (χ3v) is 5.64. The van der Waals surface area contributed by atoms with Gasteiger partial charge in [0.2, 0.25) is 5.91 Å². The monoisotopic (exact) mass is 377 g/mol. The normalized spacial score (nSPS) is 15.2. The molecule has 0 radical (unpaired) electrons. The van der Waals surface area contributed by atoms with Crippen LogP contribution in [0.25, 0.3) is 11.1 Å². The third-order valence-electron chi connectivity index (χ3n) is 5.64. The number of fused-ring (bicyclic) bond motifs is 1. The molecule has 1 aliphatic heterocycles. The first-order chi connectivity index (χ1) is 13.6. The molecule has 0 spiro atoms. The van der Waals surface area contributed by atoms with Crippen LogP contribution in [-0.4, -0.2) is 30.5 Å². The van der Waals surface area contributed by atoms with E-state index in [0.717, 1.165) is 48.3 Å². The summed E-state index contributed by atoms with van der Waals surface area (Å²) in [7, 11) is 0. The number of rotatable bonds is 4. The van der Waals surface area contributed by atoms with Crippen LogP contribution >= 0.6 is 0 Å². The van der Waals surface area contributed by atoms with Gasteiger partial charge in [0.1, 0.15) is 5.52 Å². The molecule has 5 nitrogen and oxygen atoms in total. The number of oxazole rings is 1. The summed E-state index contributed by atoms with van der Waals surface area (Å²) in [5.41, 5.74) is 5.04. The first-order valence-corrected chi connectivity index (χ1v) is 10.1. The van der Waals surface area contributed by atoms with Gasteiger partial charge >= 0.3 is 0 Å². The minimum absolute atomic E-state index is 0.0421. The van der Waals surface area contributed by atoms with Gasteiger partial charge in [-0.3, -0.25) is 4.79 Å². The molecule has 28 heavy (non-hydrogen) atoms. The van der Waals surface area contributed by atoms with Gasteiger partial charge in [-0.1, -0.05) is 24.3 Å². The van der Waals surface area contributed by atoms with E-state index in [0.29, 0.717) is 12.6 Å². The maximum atomic E-state index is 13.2. The van der Waals surface area contributed by atoms with E-state index < -0.39 is 0 Å². The van der Waals surface area contributed by atoms with E-state index in [-0.39, 0.29) is 11.8 Å². The smallest absolute Gasteiger partial charge is 0.298 e. The Balaban J connectivity index is 1.46. The molecule has 0 unspecified atom stereocenters. The summed E-state index contributed by atoms with van der Waals surface area (Å²) < 4.78 is 5.89. The Kier molecular flexibility index (Phi) is 5.07. The lowest BCUT2D eigenvalue weighted by Crippen LogP contribution is -2.43. The summed E-state index contributed by atoms with van der Waals surface area (Å²) in [6.45, 7) is 8.45. The molecule has 2 aromatic carbocycles. The van der Waals surface area contributed by atoms with Crippen molar-refractivity contribution in [2.24, 2.45) is 5.92 Å². The Bertz CT molecular complexity index is 953. The highest BCUT2D eigenvalue weighted by Gasteiger charge is 2.30. The predicted octanol–water partition coefficient (Wildman–Crippen LogP) is 4.71. The lowest BCUT2D eigenvalue weighted by Gasteiger charge is -2.33. The highest BCUT2D eigenvalue weighted by Crippen LogP contribution is 2.29. The summed E-state index contributed by atoms with van der Waals surface area (Å²) in [6, 6.07) is 14.8. The standard InChI is InChI=1S/C23H27N3O2/c1-4-26(20-15-16(2)9-10-17(20)3)22(27)18-11-13-25(14-12-18)23-24-19-7-5-6-8-21(19)28-23/h5-10,15,18H,4,11-14H2,1-3H3. The molecule has 2 heterocycles. The summed E-state index contributed by atoms with van der Waals surface area (Å²) in [5, 5.41) is 0. The number of nitrogens with zero attached hydrogens (tertiary/aromatic N) is 3. The molecule has 3 aromatic rings. The minimum atomic E-state index is 0.0421. The van der Waals surface area contributed by atoms with Crippen molar-refractivity contribution in [1.82, 2.24) is 4.98 Å². The summed E-state index contributed by atoms with van der Waals surface area (Å²) >= 11 is 0. The largest absolute Gasteiger partial charge is 0.423 e. The van der Waals surface area contributed by atoms with Crippen molar-refractivity contribution < 1.29 is 9.21 Å². The van der Waals surface area contributed by atoms with Gasteiger partial charge in [-0.05, 0) is 62.9 Å². The van der Waals surface area contributed by atoms with Gasteiger partial charge in [-0.2, -0.15) is 4.98 Å². The van der Waals surface area contributed by atoms with E-state index >= 15 is 0 Å². The molecule has 0 N–H and O–H groups in total. The second-order valence-electron chi connectivity index (χ2n) is 7.60. The molecule has 1 aliphatic rings. The molecule has 5 heteroatoms. The fourth-order valence-electron chi connectivity index (χ4n) is 3.99. The summed E-state index contributed by atoms with van der Waals surface area (Å²) in [5.74, 6) is 0.272. The Labute approximate surface area is 166 Å². The number of anilines is 2. The molecular weight excluding hydrogens is 350 g/mol. The van der Waals surface area contributed by atoms with Crippen molar-refractivity contribution >= 4 is 28.7 Å². The van der Waals surface area contributed by atoms with Crippen molar-refractivity contribution in [2.45, 2.75) is 33.6 Å². The maximum absolute atomic E-state index is 13.2. The molecular formula is C23H27N3O2. The number of aryl methyl sites for hydroxylation is 2. The average molecular weight is 377 g/mol. The van der Waals surface area contributed by atoms with Gasteiger partial charge in [0.15, 0.2) is 5.58 Å². The van der Waals surface area contributed by atoms with Crippen LogP contribution in [0.2, 0.25) is 0 Å². The predicted molar refractivity (Wildman–Crippen MR) is 113 cm³/mol. The van der Waals surface area contributed by atoms with Crippen molar-refractivity contribution in [2.75, 3.05) is 29.4 Å². The Morgan fingerprint density at radius 3 is 2.64 bits per heavy atom. The molecule has 1 amide bonds. The second kappa shape index (κ2) is 7.66. The molecule has 146 valence electrons. The third kappa shape index (κ3) is 3.49. The first-order valence-electron chi connectivity index (χ1n) is 10.1. The fourth-order valence-corrected chi connectivity index (χ4v) is 3.99. The zero-order valence-electron chi connectivity index (χ0n) is 16.8. The van der Waals surface area contributed by atoms with Gasteiger partial charge in [-0.15, -0.1) is 0 Å². The number of aromatic nitrogens is 1. The fraction of sp³-hybridized carbons (Fsp3) is 0.391. The minimum Gasteiger partial charge on any atom is -0.423 e. The Morgan fingerprint density at radius 1 is 1.18 bits per heavy atom. The van der Waals surface area contributed by atoms with Gasteiger partial charge in [0.25, 0.3) is 6.01 Å². The van der Waals surface area contributed by atoms with Crippen LogP contribution in [0.1, 0.15) is 30.9 Å². The van der Waals surface area contributed by atoms with Crippen LogP contribution in [0.15, 0.2) is 46.9 Å². The van der Waals surface area contributed by atoms with Crippen molar-refractivity contribution in [3.05, 3.63) is 53.6 Å². The lowest BCUT2D eigenvalue weighted by atomic mass is 9.95. The molecule has 0 bridgehead atoms. The number of carbonyl (C=O) groups excluding carboxylic acids is 1. The van der Waals surface area contributed by atoms with E-state index in [2.05, 4.69) is 41.9 Å². The molecule has 1 saturated heterocycles. The van der Waals surface area contributed by atoms with E-state index in [1.165, 1.54) is 5.56 Å². The number of piperidine rings is 1. The van der Waals surface area contributed by atoms with Gasteiger partial charge in [-0.25, -0.2) is 0 Å². The summed E-state index contributed by atoms with van der Waals surface area (Å²) in [4.78, 5) is 21.9. The van der Waals surface area contributed by atoms with Gasteiger partial charge in [0, 0.05) is 31.2 Å². The zero-order valence-corrected chi connectivity index (χ0v) is 16.8. The van der Waals surface area contributed by atoms with Crippen LogP contribution in [0.5, 0.6) is 0 Å². The van der Waals surface area contributed by atoms with Gasteiger partial charge < -0.3 is 14.2 Å². The topological polar surface area (TPSA) is 49.6 Å². The molecule has 1 fully saturated rings. The van der Waals surface area contributed by atoms with E-state index in [4.69, 9.17) is 4.42 Å².